The van der Waals surface area contributed by atoms with Gasteiger partial charge in [0.2, 0.25) is 0 Å². The summed E-state index contributed by atoms with van der Waals surface area (Å²) in [6.45, 7) is 1.94. The Morgan fingerprint density at radius 3 is 2.62 bits per heavy atom. The number of cyclic esters (lactones) is 1. The van der Waals surface area contributed by atoms with E-state index in [4.69, 9.17) is 5.11 Å². The highest BCUT2D eigenvalue weighted by molar-refractivity contribution is 5.81. The summed E-state index contributed by atoms with van der Waals surface area (Å²) in [7, 11) is 0. The third kappa shape index (κ3) is 0.512. The number of ether oxygens (including phenoxy) is 1. The van der Waals surface area contributed by atoms with Crippen LogP contribution in [0.4, 0.5) is 0 Å². The molecule has 1 rings (SSSR count). The molecule has 1 heterocycles. The first-order valence-corrected chi connectivity index (χ1v) is 2.47. The van der Waals surface area contributed by atoms with Crippen molar-refractivity contribution in [2.75, 3.05) is 13.2 Å². The molecule has 0 aromatic carbocycles. The molecule has 1 fully saturated rings. The second kappa shape index (κ2) is 1.45. The molecular formula is C5H8O3. The second-order valence-corrected chi connectivity index (χ2v) is 2.29. The molecule has 0 aromatic heterocycles. The molecule has 0 aliphatic carbocycles. The summed E-state index contributed by atoms with van der Waals surface area (Å²) >= 11 is 0. The Balaban J connectivity index is 2.55. The van der Waals surface area contributed by atoms with E-state index < -0.39 is 5.41 Å². The Kier molecular flexibility index (Phi) is 1.01. The van der Waals surface area contributed by atoms with Crippen molar-refractivity contribution in [3.63, 3.8) is 0 Å². The lowest BCUT2D eigenvalue weighted by atomic mass is 9.89. The van der Waals surface area contributed by atoms with Crippen LogP contribution in [-0.4, -0.2) is 24.3 Å². The summed E-state index contributed by atoms with van der Waals surface area (Å²) in [5, 5.41) is 8.51. The van der Waals surface area contributed by atoms with E-state index in [1.807, 2.05) is 0 Å². The van der Waals surface area contributed by atoms with E-state index in [9.17, 15) is 4.79 Å². The van der Waals surface area contributed by atoms with Gasteiger partial charge in [-0.15, -0.1) is 0 Å². The van der Waals surface area contributed by atoms with Crippen molar-refractivity contribution in [1.29, 1.82) is 0 Å². The average Bonchev–Trinajstić information content (AvgIpc) is 1.83. The minimum Gasteiger partial charge on any atom is -0.464 e. The van der Waals surface area contributed by atoms with Crippen LogP contribution in [0.1, 0.15) is 6.92 Å². The first-order valence-electron chi connectivity index (χ1n) is 2.47. The summed E-state index contributed by atoms with van der Waals surface area (Å²) in [5.41, 5.74) is -0.583. The predicted octanol–water partition coefficient (Wildman–Crippen LogP) is -0.458. The van der Waals surface area contributed by atoms with Gasteiger partial charge in [-0.25, -0.2) is 0 Å². The van der Waals surface area contributed by atoms with Crippen molar-refractivity contribution in [3.05, 3.63) is 0 Å². The molecule has 0 radical (unpaired) electrons. The SMILES string of the molecule is CC1(CO)COC1=O. The van der Waals surface area contributed by atoms with Crippen LogP contribution in [0.2, 0.25) is 0 Å². The summed E-state index contributed by atoms with van der Waals surface area (Å²) in [5.74, 6) is -0.292. The molecule has 3 nitrogen and oxygen atoms in total. The van der Waals surface area contributed by atoms with Crippen LogP contribution in [0.25, 0.3) is 0 Å². The Morgan fingerprint density at radius 1 is 2.00 bits per heavy atom. The molecule has 3 heteroatoms. The molecular weight excluding hydrogens is 108 g/mol. The molecule has 1 unspecified atom stereocenters. The van der Waals surface area contributed by atoms with Gasteiger partial charge in [0.15, 0.2) is 0 Å². The van der Waals surface area contributed by atoms with Crippen LogP contribution in [0, 0.1) is 5.41 Å². The van der Waals surface area contributed by atoms with Crippen molar-refractivity contribution >= 4 is 5.97 Å². The van der Waals surface area contributed by atoms with Crippen LogP contribution in [0.5, 0.6) is 0 Å². The average molecular weight is 116 g/mol. The number of hydrogen-bond acceptors (Lipinski definition) is 3. The van der Waals surface area contributed by atoms with E-state index >= 15 is 0 Å². The molecule has 46 valence electrons. The molecule has 0 amide bonds. The van der Waals surface area contributed by atoms with E-state index in [1.54, 1.807) is 6.92 Å². The molecule has 1 N–H and O–H groups in total. The zero-order valence-corrected chi connectivity index (χ0v) is 4.68. The largest absolute Gasteiger partial charge is 0.464 e. The van der Waals surface area contributed by atoms with E-state index in [0.29, 0.717) is 6.61 Å². The van der Waals surface area contributed by atoms with Crippen LogP contribution in [0.15, 0.2) is 0 Å². The molecule has 1 atom stereocenters. The fourth-order valence-corrected chi connectivity index (χ4v) is 0.488. The van der Waals surface area contributed by atoms with Gasteiger partial charge >= 0.3 is 5.97 Å². The van der Waals surface area contributed by atoms with Gasteiger partial charge in [0.05, 0.1) is 6.61 Å². The van der Waals surface area contributed by atoms with Gasteiger partial charge in [-0.2, -0.15) is 0 Å². The molecule has 8 heavy (non-hydrogen) atoms. The summed E-state index contributed by atoms with van der Waals surface area (Å²) < 4.78 is 4.44. The molecule has 1 aliphatic heterocycles. The lowest BCUT2D eigenvalue weighted by molar-refractivity contribution is -0.187. The fourth-order valence-electron chi connectivity index (χ4n) is 0.488. The fraction of sp³-hybridized carbons (Fsp3) is 0.800. The van der Waals surface area contributed by atoms with Crippen LogP contribution in [0.3, 0.4) is 0 Å². The Labute approximate surface area is 47.3 Å². The maximum absolute atomic E-state index is 10.4. The van der Waals surface area contributed by atoms with Crippen molar-refractivity contribution < 1.29 is 14.6 Å². The zero-order valence-electron chi connectivity index (χ0n) is 4.68. The van der Waals surface area contributed by atoms with Gasteiger partial charge in [0.25, 0.3) is 0 Å². The summed E-state index contributed by atoms with van der Waals surface area (Å²) in [6, 6.07) is 0. The molecule has 0 spiro atoms. The van der Waals surface area contributed by atoms with Gasteiger partial charge in [-0.3, -0.25) is 4.79 Å². The highest BCUT2D eigenvalue weighted by atomic mass is 16.6. The Hall–Kier alpha value is -0.570. The third-order valence-electron chi connectivity index (χ3n) is 1.36. The molecule has 0 saturated carbocycles. The monoisotopic (exact) mass is 116 g/mol. The minimum absolute atomic E-state index is 0.105. The normalized spacial score (nSPS) is 36.0. The number of carbonyl (C=O) groups excluding carboxylic acids is 1. The lowest BCUT2D eigenvalue weighted by Gasteiger charge is -2.33. The number of aliphatic hydroxyl groups excluding tert-OH is 1. The zero-order chi connectivity index (χ0) is 6.20. The van der Waals surface area contributed by atoms with Gasteiger partial charge in [-0.05, 0) is 6.92 Å². The minimum atomic E-state index is -0.583. The van der Waals surface area contributed by atoms with Gasteiger partial charge in [0.1, 0.15) is 12.0 Å². The molecule has 1 aliphatic rings. The summed E-state index contributed by atoms with van der Waals surface area (Å²) in [4.78, 5) is 10.4. The van der Waals surface area contributed by atoms with Crippen LogP contribution < -0.4 is 0 Å². The number of hydrogen-bond donors (Lipinski definition) is 1. The number of carbonyl (C=O) groups is 1. The van der Waals surface area contributed by atoms with E-state index in [2.05, 4.69) is 4.74 Å². The van der Waals surface area contributed by atoms with Crippen LogP contribution in [-0.2, 0) is 9.53 Å². The van der Waals surface area contributed by atoms with Gasteiger partial charge in [-0.1, -0.05) is 0 Å². The van der Waals surface area contributed by atoms with Crippen LogP contribution >= 0.6 is 0 Å². The second-order valence-electron chi connectivity index (χ2n) is 2.29. The van der Waals surface area contributed by atoms with E-state index in [-0.39, 0.29) is 12.6 Å². The smallest absolute Gasteiger partial charge is 0.317 e. The maximum Gasteiger partial charge on any atom is 0.317 e. The van der Waals surface area contributed by atoms with E-state index in [1.165, 1.54) is 0 Å². The van der Waals surface area contributed by atoms with Gasteiger partial charge < -0.3 is 9.84 Å². The highest BCUT2D eigenvalue weighted by Crippen LogP contribution is 2.26. The lowest BCUT2D eigenvalue weighted by Crippen LogP contribution is -2.48. The van der Waals surface area contributed by atoms with Crippen molar-refractivity contribution in [2.24, 2.45) is 5.41 Å². The summed E-state index contributed by atoms with van der Waals surface area (Å²) in [6.07, 6.45) is 0. The first kappa shape index (κ1) is 5.56. The van der Waals surface area contributed by atoms with Crippen molar-refractivity contribution in [2.45, 2.75) is 6.92 Å². The highest BCUT2D eigenvalue weighted by Gasteiger charge is 2.44. The first-order chi connectivity index (χ1) is 3.69. The number of rotatable bonds is 1. The standard InChI is InChI=1S/C5H8O3/c1-5(2-6)3-8-4(5)7/h6H,2-3H2,1H3. The number of aliphatic hydroxyl groups is 1. The molecule has 1 saturated heterocycles. The Bertz CT molecular complexity index is 117. The maximum atomic E-state index is 10.4. The molecule has 0 aromatic rings. The topological polar surface area (TPSA) is 46.5 Å². The quantitative estimate of drug-likeness (QED) is 0.471. The van der Waals surface area contributed by atoms with E-state index in [0.717, 1.165) is 0 Å². The predicted molar refractivity (Wildman–Crippen MR) is 26.2 cm³/mol. The van der Waals surface area contributed by atoms with Gasteiger partial charge in [0, 0.05) is 0 Å². The molecule has 0 bridgehead atoms. The number of esters is 1. The van der Waals surface area contributed by atoms with Crippen molar-refractivity contribution in [1.82, 2.24) is 0 Å². The van der Waals surface area contributed by atoms with Crippen molar-refractivity contribution in [3.8, 4) is 0 Å². The Morgan fingerprint density at radius 2 is 2.62 bits per heavy atom. The third-order valence-corrected chi connectivity index (χ3v) is 1.36.